The van der Waals surface area contributed by atoms with Gasteiger partial charge in [-0.1, -0.05) is 24.3 Å². The van der Waals surface area contributed by atoms with Crippen LogP contribution in [0.15, 0.2) is 24.3 Å². The lowest BCUT2D eigenvalue weighted by atomic mass is 9.86. The first kappa shape index (κ1) is 14.8. The average Bonchev–Trinajstić information content (AvgIpc) is 2.79. The molecular weight excluding hydrogens is 256 g/mol. The fraction of sp³-hybridized carbons (Fsp3) is 0.625. The van der Waals surface area contributed by atoms with Crippen molar-refractivity contribution in [1.29, 1.82) is 0 Å². The lowest BCUT2D eigenvalue weighted by Gasteiger charge is -2.36. The topological polar surface area (TPSA) is 29.3 Å². The summed E-state index contributed by atoms with van der Waals surface area (Å²) in [4.78, 5) is 2.70. The number of nitrogens with zero attached hydrogens (tertiary/aromatic N) is 1. The van der Waals surface area contributed by atoms with Crippen molar-refractivity contribution in [3.05, 3.63) is 35.4 Å². The summed E-state index contributed by atoms with van der Waals surface area (Å²) in [6.45, 7) is 4.40. The Kier molecular flexibility index (Phi) is 4.88. The third kappa shape index (κ3) is 2.81. The number of fused-ring (bicyclic) bond motifs is 1. The zero-order valence-electron chi connectivity index (χ0n) is 11.7. The van der Waals surface area contributed by atoms with Gasteiger partial charge in [0.1, 0.15) is 0 Å². The minimum absolute atomic E-state index is 0. The second-order valence-corrected chi connectivity index (χ2v) is 5.99. The molecule has 0 bridgehead atoms. The van der Waals surface area contributed by atoms with Crippen molar-refractivity contribution in [2.45, 2.75) is 44.7 Å². The summed E-state index contributed by atoms with van der Waals surface area (Å²) in [5.74, 6) is 0.703. The van der Waals surface area contributed by atoms with Gasteiger partial charge >= 0.3 is 0 Å². The molecule has 2 nitrogen and oxygen atoms in total. The highest BCUT2D eigenvalue weighted by Gasteiger charge is 2.35. The third-order valence-corrected chi connectivity index (χ3v) is 4.78. The molecule has 1 aromatic carbocycles. The van der Waals surface area contributed by atoms with Crippen molar-refractivity contribution in [2.75, 3.05) is 13.1 Å². The molecule has 3 atom stereocenters. The Hall–Kier alpha value is -0.570. The van der Waals surface area contributed by atoms with E-state index in [2.05, 4.69) is 36.1 Å². The maximum Gasteiger partial charge on any atom is 0.0353 e. The molecule has 2 aliphatic rings. The predicted octanol–water partition coefficient (Wildman–Crippen LogP) is 3.15. The summed E-state index contributed by atoms with van der Waals surface area (Å²) >= 11 is 0. The molecule has 0 aromatic heterocycles. The molecule has 3 heteroatoms. The van der Waals surface area contributed by atoms with Gasteiger partial charge in [0.25, 0.3) is 0 Å². The summed E-state index contributed by atoms with van der Waals surface area (Å²) in [6, 6.07) is 10.3. The Labute approximate surface area is 122 Å². The molecule has 1 aromatic rings. The van der Waals surface area contributed by atoms with Gasteiger partial charge in [-0.15, -0.1) is 12.4 Å². The number of rotatable bonds is 2. The van der Waals surface area contributed by atoms with Crippen LogP contribution in [0.2, 0.25) is 0 Å². The highest BCUT2D eigenvalue weighted by Crippen LogP contribution is 2.39. The van der Waals surface area contributed by atoms with Crippen LogP contribution in [0.4, 0.5) is 0 Å². The molecule has 0 spiro atoms. The first-order chi connectivity index (χ1) is 8.79. The van der Waals surface area contributed by atoms with Gasteiger partial charge in [0.05, 0.1) is 0 Å². The molecule has 1 aliphatic carbocycles. The molecular formula is C16H25ClN2. The first-order valence-corrected chi connectivity index (χ1v) is 7.33. The van der Waals surface area contributed by atoms with Gasteiger partial charge in [-0.3, -0.25) is 4.90 Å². The largest absolute Gasteiger partial charge is 0.330 e. The van der Waals surface area contributed by atoms with E-state index in [1.807, 2.05) is 0 Å². The lowest BCUT2D eigenvalue weighted by molar-refractivity contribution is 0.169. The molecule has 1 heterocycles. The highest BCUT2D eigenvalue weighted by atomic mass is 35.5. The van der Waals surface area contributed by atoms with Gasteiger partial charge in [-0.25, -0.2) is 0 Å². The van der Waals surface area contributed by atoms with Crippen molar-refractivity contribution in [3.8, 4) is 0 Å². The fourth-order valence-corrected chi connectivity index (χ4v) is 3.85. The van der Waals surface area contributed by atoms with Crippen LogP contribution in [0.5, 0.6) is 0 Å². The number of nitrogens with two attached hydrogens (primary N) is 1. The van der Waals surface area contributed by atoms with Crippen LogP contribution in [-0.2, 0) is 6.42 Å². The zero-order chi connectivity index (χ0) is 12.5. The highest BCUT2D eigenvalue weighted by molar-refractivity contribution is 5.85. The molecule has 1 fully saturated rings. The third-order valence-electron chi connectivity index (χ3n) is 4.78. The maximum absolute atomic E-state index is 5.86. The monoisotopic (exact) mass is 280 g/mol. The van der Waals surface area contributed by atoms with Crippen LogP contribution in [0.3, 0.4) is 0 Å². The van der Waals surface area contributed by atoms with Crippen LogP contribution in [0.25, 0.3) is 0 Å². The quantitative estimate of drug-likeness (QED) is 0.902. The molecule has 2 N–H and O–H groups in total. The van der Waals surface area contributed by atoms with Crippen molar-refractivity contribution in [2.24, 2.45) is 11.7 Å². The number of benzene rings is 1. The number of hydrogen-bond donors (Lipinski definition) is 1. The van der Waals surface area contributed by atoms with E-state index in [0.717, 1.165) is 6.54 Å². The molecule has 0 saturated carbocycles. The van der Waals surface area contributed by atoms with E-state index < -0.39 is 0 Å². The van der Waals surface area contributed by atoms with Crippen LogP contribution in [0.1, 0.15) is 43.4 Å². The number of halogens is 1. The average molecular weight is 281 g/mol. The number of hydrogen-bond acceptors (Lipinski definition) is 2. The van der Waals surface area contributed by atoms with E-state index in [1.165, 1.54) is 32.2 Å². The number of aryl methyl sites for hydroxylation is 1. The van der Waals surface area contributed by atoms with Gasteiger partial charge < -0.3 is 5.73 Å². The molecule has 3 rings (SSSR count). The molecule has 0 amide bonds. The fourth-order valence-electron chi connectivity index (χ4n) is 3.85. The molecule has 1 aliphatic heterocycles. The Morgan fingerprint density at radius 1 is 1.32 bits per heavy atom. The van der Waals surface area contributed by atoms with Crippen molar-refractivity contribution in [1.82, 2.24) is 4.90 Å². The molecule has 19 heavy (non-hydrogen) atoms. The van der Waals surface area contributed by atoms with Gasteiger partial charge in [0.2, 0.25) is 0 Å². The van der Waals surface area contributed by atoms with Crippen LogP contribution < -0.4 is 5.73 Å². The predicted molar refractivity (Wildman–Crippen MR) is 82.7 cm³/mol. The zero-order valence-corrected chi connectivity index (χ0v) is 12.5. The van der Waals surface area contributed by atoms with E-state index in [4.69, 9.17) is 5.73 Å². The Morgan fingerprint density at radius 3 is 2.84 bits per heavy atom. The summed E-state index contributed by atoms with van der Waals surface area (Å²) < 4.78 is 0. The van der Waals surface area contributed by atoms with Gasteiger partial charge in [0, 0.05) is 18.6 Å². The van der Waals surface area contributed by atoms with Crippen LogP contribution in [-0.4, -0.2) is 24.0 Å². The summed E-state index contributed by atoms with van der Waals surface area (Å²) in [6.07, 6.45) is 5.18. The summed E-state index contributed by atoms with van der Waals surface area (Å²) in [7, 11) is 0. The van der Waals surface area contributed by atoms with Crippen LogP contribution in [0, 0.1) is 5.92 Å². The Morgan fingerprint density at radius 2 is 2.11 bits per heavy atom. The molecule has 1 saturated heterocycles. The standard InChI is InChI=1S/C16H24N2.ClH/c1-12-9-13(10-17)11-18(12)16-8-4-6-14-5-2-3-7-15(14)16;/h2-3,5,7,12-13,16H,4,6,8-11,17H2,1H3;1H. The van der Waals surface area contributed by atoms with Crippen LogP contribution >= 0.6 is 12.4 Å². The van der Waals surface area contributed by atoms with Crippen molar-refractivity contribution >= 4 is 12.4 Å². The van der Waals surface area contributed by atoms with Crippen molar-refractivity contribution < 1.29 is 0 Å². The molecule has 106 valence electrons. The van der Waals surface area contributed by atoms with E-state index in [0.29, 0.717) is 18.0 Å². The SMILES string of the molecule is CC1CC(CN)CN1C1CCCc2ccccc21.Cl. The van der Waals surface area contributed by atoms with Gasteiger partial charge in [-0.05, 0) is 56.2 Å². The second kappa shape index (κ2) is 6.25. The summed E-state index contributed by atoms with van der Waals surface area (Å²) in [5.41, 5.74) is 9.00. The molecule has 0 radical (unpaired) electrons. The summed E-state index contributed by atoms with van der Waals surface area (Å²) in [5, 5.41) is 0. The Balaban J connectivity index is 0.00000133. The minimum atomic E-state index is 0. The van der Waals surface area contributed by atoms with E-state index in [1.54, 1.807) is 11.1 Å². The van der Waals surface area contributed by atoms with E-state index >= 15 is 0 Å². The first-order valence-electron chi connectivity index (χ1n) is 7.33. The maximum atomic E-state index is 5.86. The van der Waals surface area contributed by atoms with Gasteiger partial charge in [0.15, 0.2) is 0 Å². The van der Waals surface area contributed by atoms with Crippen molar-refractivity contribution in [3.63, 3.8) is 0 Å². The second-order valence-electron chi connectivity index (χ2n) is 5.99. The van der Waals surface area contributed by atoms with E-state index in [9.17, 15) is 0 Å². The molecule has 3 unspecified atom stereocenters. The Bertz CT molecular complexity index is 421. The van der Waals surface area contributed by atoms with Gasteiger partial charge in [-0.2, -0.15) is 0 Å². The normalized spacial score (nSPS) is 30.7. The smallest absolute Gasteiger partial charge is 0.0353 e. The number of likely N-dealkylation sites (tertiary alicyclic amines) is 1. The lowest BCUT2D eigenvalue weighted by Crippen LogP contribution is -2.34. The minimum Gasteiger partial charge on any atom is -0.330 e. The van der Waals surface area contributed by atoms with E-state index in [-0.39, 0.29) is 12.4 Å².